The molecule has 7 nitrogen and oxygen atoms in total. The summed E-state index contributed by atoms with van der Waals surface area (Å²) in [5.41, 5.74) is 2.24. The first-order chi connectivity index (χ1) is 13.1. The minimum atomic E-state index is -0.343. The monoisotopic (exact) mass is 375 g/mol. The highest BCUT2D eigenvalue weighted by molar-refractivity contribution is 5.78. The number of para-hydroxylation sites is 1. The molecule has 1 fully saturated rings. The normalized spacial score (nSPS) is 22.6. The van der Waals surface area contributed by atoms with Gasteiger partial charge < -0.3 is 24.2 Å². The predicted molar refractivity (Wildman–Crippen MR) is 103 cm³/mol. The maximum atomic E-state index is 12.7. The van der Waals surface area contributed by atoms with Crippen LogP contribution in [0.3, 0.4) is 0 Å². The van der Waals surface area contributed by atoms with Gasteiger partial charge in [-0.2, -0.15) is 0 Å². The zero-order chi connectivity index (χ0) is 19.4. The Bertz CT molecular complexity index is 681. The molecule has 0 bridgehead atoms. The maximum Gasteiger partial charge on any atom is 0.410 e. The Balaban J connectivity index is 1.98. The zero-order valence-corrected chi connectivity index (χ0v) is 16.4. The van der Waals surface area contributed by atoms with Gasteiger partial charge in [0.15, 0.2) is 0 Å². The maximum absolute atomic E-state index is 12.7. The minimum Gasteiger partial charge on any atom is -0.450 e. The molecule has 2 aliphatic heterocycles. The van der Waals surface area contributed by atoms with Crippen LogP contribution in [0.25, 0.3) is 0 Å². The van der Waals surface area contributed by atoms with Crippen LogP contribution in [0.5, 0.6) is 0 Å². The number of ether oxygens (including phenoxy) is 2. The second-order valence-electron chi connectivity index (χ2n) is 7.12. The van der Waals surface area contributed by atoms with Crippen molar-refractivity contribution in [2.75, 3.05) is 58.5 Å². The lowest BCUT2D eigenvalue weighted by Crippen LogP contribution is -2.53. The average molecular weight is 375 g/mol. The van der Waals surface area contributed by atoms with Crippen molar-refractivity contribution in [1.82, 2.24) is 9.80 Å². The summed E-state index contributed by atoms with van der Waals surface area (Å²) in [5.74, 6) is 0.164. The summed E-state index contributed by atoms with van der Waals surface area (Å²) >= 11 is 0. The lowest BCUT2D eigenvalue weighted by Gasteiger charge is -2.47. The molecule has 0 saturated carbocycles. The summed E-state index contributed by atoms with van der Waals surface area (Å²) in [7, 11) is 3.70. The summed E-state index contributed by atoms with van der Waals surface area (Å²) in [5, 5.41) is 0. The Morgan fingerprint density at radius 2 is 2.04 bits per heavy atom. The fourth-order valence-electron chi connectivity index (χ4n) is 4.20. The van der Waals surface area contributed by atoms with E-state index in [-0.39, 0.29) is 24.0 Å². The third-order valence-electron chi connectivity index (χ3n) is 5.40. The summed E-state index contributed by atoms with van der Waals surface area (Å²) < 4.78 is 10.5. The summed E-state index contributed by atoms with van der Waals surface area (Å²) in [4.78, 5) is 31.2. The van der Waals surface area contributed by atoms with Gasteiger partial charge in [-0.3, -0.25) is 4.79 Å². The highest BCUT2D eigenvalue weighted by Gasteiger charge is 2.41. The van der Waals surface area contributed by atoms with Crippen molar-refractivity contribution in [1.29, 1.82) is 0 Å². The first-order valence-electron chi connectivity index (χ1n) is 9.57. The van der Waals surface area contributed by atoms with Crippen molar-refractivity contribution < 1.29 is 19.1 Å². The number of anilines is 1. The molecule has 2 heterocycles. The number of benzene rings is 1. The van der Waals surface area contributed by atoms with Gasteiger partial charge in [0.2, 0.25) is 5.91 Å². The lowest BCUT2D eigenvalue weighted by molar-refractivity contribution is -0.134. The molecular formula is C20H29N3O4. The number of hydrogen-bond acceptors (Lipinski definition) is 5. The molecule has 148 valence electrons. The molecule has 27 heavy (non-hydrogen) atoms. The van der Waals surface area contributed by atoms with Crippen molar-refractivity contribution in [3.05, 3.63) is 29.8 Å². The van der Waals surface area contributed by atoms with Crippen LogP contribution in [0.4, 0.5) is 10.5 Å². The summed E-state index contributed by atoms with van der Waals surface area (Å²) in [6, 6.07) is 8.08. The van der Waals surface area contributed by atoms with E-state index >= 15 is 0 Å². The van der Waals surface area contributed by atoms with Gasteiger partial charge in [-0.1, -0.05) is 18.2 Å². The Morgan fingerprint density at radius 3 is 2.78 bits per heavy atom. The Labute approximate surface area is 160 Å². The fraction of sp³-hybridized carbons (Fsp3) is 0.600. The van der Waals surface area contributed by atoms with Crippen LogP contribution in [0, 0.1) is 5.92 Å². The van der Waals surface area contributed by atoms with Crippen LogP contribution in [-0.4, -0.2) is 75.4 Å². The standard InChI is InChI=1S/C20H29N3O4/c1-4-27-20(25)23-10-9-18(24)22(11-12-26-3)14-15-13-21(2)17-8-6-5-7-16(17)19(15)23/h5-8,15,19H,4,9-14H2,1-3H3/t15-,19-/m1/s1. The number of methoxy groups -OCH3 is 1. The van der Waals surface area contributed by atoms with Crippen molar-refractivity contribution >= 4 is 17.7 Å². The summed E-state index contributed by atoms with van der Waals surface area (Å²) in [6.07, 6.45) is -0.0472. The molecule has 7 heteroatoms. The molecule has 2 amide bonds. The van der Waals surface area contributed by atoms with E-state index in [0.717, 1.165) is 17.8 Å². The number of nitrogens with zero attached hydrogens (tertiary/aromatic N) is 3. The molecule has 1 aromatic carbocycles. The van der Waals surface area contributed by atoms with E-state index in [0.29, 0.717) is 39.3 Å². The Morgan fingerprint density at radius 1 is 1.26 bits per heavy atom. The van der Waals surface area contributed by atoms with Gasteiger partial charge in [-0.25, -0.2) is 4.79 Å². The SMILES string of the molecule is CCOC(=O)N1CCC(=O)N(CCOC)C[C@H]2CN(C)c3ccccc3[C@@H]21. The van der Waals surface area contributed by atoms with Crippen molar-refractivity contribution in [2.45, 2.75) is 19.4 Å². The van der Waals surface area contributed by atoms with Crippen LogP contribution in [0.15, 0.2) is 24.3 Å². The molecule has 2 atom stereocenters. The van der Waals surface area contributed by atoms with E-state index in [1.54, 1.807) is 18.9 Å². The van der Waals surface area contributed by atoms with Gasteiger partial charge >= 0.3 is 6.09 Å². The van der Waals surface area contributed by atoms with Crippen LogP contribution in [0.2, 0.25) is 0 Å². The molecule has 0 aromatic heterocycles. The van der Waals surface area contributed by atoms with E-state index in [4.69, 9.17) is 9.47 Å². The first-order valence-corrected chi connectivity index (χ1v) is 9.57. The second kappa shape index (κ2) is 8.61. The number of fused-ring (bicyclic) bond motifs is 3. The third kappa shape index (κ3) is 4.03. The number of amides is 2. The van der Waals surface area contributed by atoms with Crippen molar-refractivity contribution in [3.63, 3.8) is 0 Å². The number of rotatable bonds is 4. The van der Waals surface area contributed by atoms with Gasteiger partial charge in [0.05, 0.1) is 19.3 Å². The molecule has 1 aromatic rings. The molecular weight excluding hydrogens is 346 g/mol. The van der Waals surface area contributed by atoms with Crippen LogP contribution in [0.1, 0.15) is 24.9 Å². The van der Waals surface area contributed by atoms with E-state index < -0.39 is 0 Å². The van der Waals surface area contributed by atoms with Gasteiger partial charge in [-0.05, 0) is 18.6 Å². The average Bonchev–Trinajstić information content (AvgIpc) is 2.66. The lowest BCUT2D eigenvalue weighted by atomic mass is 9.85. The number of hydrogen-bond donors (Lipinski definition) is 0. The van der Waals surface area contributed by atoms with E-state index in [9.17, 15) is 9.59 Å². The van der Waals surface area contributed by atoms with E-state index in [1.807, 2.05) is 17.0 Å². The number of carbonyl (C=O) groups is 2. The molecule has 1 saturated heterocycles. The third-order valence-corrected chi connectivity index (χ3v) is 5.40. The van der Waals surface area contributed by atoms with E-state index in [2.05, 4.69) is 24.1 Å². The Hall–Kier alpha value is -2.28. The van der Waals surface area contributed by atoms with Crippen molar-refractivity contribution in [2.24, 2.45) is 5.92 Å². The first kappa shape index (κ1) is 19.5. The molecule has 0 aliphatic carbocycles. The van der Waals surface area contributed by atoms with Gasteiger partial charge in [-0.15, -0.1) is 0 Å². The molecule has 0 N–H and O–H groups in total. The zero-order valence-electron chi connectivity index (χ0n) is 16.4. The topological polar surface area (TPSA) is 62.3 Å². The molecule has 0 unspecified atom stereocenters. The predicted octanol–water partition coefficient (Wildman–Crippen LogP) is 2.13. The van der Waals surface area contributed by atoms with Gasteiger partial charge in [0.25, 0.3) is 0 Å². The molecule has 3 rings (SSSR count). The number of carbonyl (C=O) groups excluding carboxylic acids is 2. The largest absolute Gasteiger partial charge is 0.450 e. The molecule has 0 radical (unpaired) electrons. The highest BCUT2D eigenvalue weighted by atomic mass is 16.6. The summed E-state index contributed by atoms with van der Waals surface area (Å²) in [6.45, 7) is 4.94. The molecule has 2 aliphatic rings. The smallest absolute Gasteiger partial charge is 0.410 e. The van der Waals surface area contributed by atoms with E-state index in [1.165, 1.54) is 0 Å². The second-order valence-corrected chi connectivity index (χ2v) is 7.12. The highest BCUT2D eigenvalue weighted by Crippen LogP contribution is 2.41. The van der Waals surface area contributed by atoms with Crippen LogP contribution < -0.4 is 4.90 Å². The molecule has 0 spiro atoms. The van der Waals surface area contributed by atoms with Crippen molar-refractivity contribution in [3.8, 4) is 0 Å². The Kier molecular flexibility index (Phi) is 6.21. The van der Waals surface area contributed by atoms with Gasteiger partial charge in [0.1, 0.15) is 0 Å². The van der Waals surface area contributed by atoms with Gasteiger partial charge in [0, 0.05) is 58.4 Å². The van der Waals surface area contributed by atoms with Crippen LogP contribution in [-0.2, 0) is 14.3 Å². The minimum absolute atomic E-state index is 0.0568. The van der Waals surface area contributed by atoms with Crippen LogP contribution >= 0.6 is 0 Å². The fourth-order valence-corrected chi connectivity index (χ4v) is 4.20. The quantitative estimate of drug-likeness (QED) is 0.807.